The van der Waals surface area contributed by atoms with E-state index in [1.54, 1.807) is 6.20 Å². The van der Waals surface area contributed by atoms with Crippen LogP contribution in [0.25, 0.3) is 5.57 Å². The SMILES string of the molecule is Cn1nccc1C1=CCN(C(=O)N[C@@H]2CCC(=O)N[C@@H]2C2CC2)CC1. The minimum atomic E-state index is -0.0212. The summed E-state index contributed by atoms with van der Waals surface area (Å²) >= 11 is 0. The van der Waals surface area contributed by atoms with Gasteiger partial charge >= 0.3 is 6.03 Å². The Balaban J connectivity index is 1.36. The van der Waals surface area contributed by atoms with Crippen molar-refractivity contribution in [1.29, 1.82) is 0 Å². The molecule has 2 aliphatic heterocycles. The van der Waals surface area contributed by atoms with Gasteiger partial charge in [-0.25, -0.2) is 4.79 Å². The number of nitrogens with one attached hydrogen (secondary N) is 2. The maximum atomic E-state index is 12.7. The van der Waals surface area contributed by atoms with Crippen molar-refractivity contribution in [3.63, 3.8) is 0 Å². The maximum absolute atomic E-state index is 12.7. The number of amides is 3. The smallest absolute Gasteiger partial charge is 0.317 e. The molecular formula is C18H25N5O2. The van der Waals surface area contributed by atoms with Gasteiger partial charge in [-0.1, -0.05) is 6.08 Å². The van der Waals surface area contributed by atoms with Crippen molar-refractivity contribution in [2.45, 2.75) is 44.2 Å². The molecule has 3 heterocycles. The molecule has 25 heavy (non-hydrogen) atoms. The van der Waals surface area contributed by atoms with Gasteiger partial charge in [0.05, 0.1) is 17.8 Å². The highest BCUT2D eigenvalue weighted by Crippen LogP contribution is 2.36. The molecule has 0 spiro atoms. The van der Waals surface area contributed by atoms with Gasteiger partial charge in [-0.15, -0.1) is 0 Å². The van der Waals surface area contributed by atoms with E-state index in [2.05, 4.69) is 21.8 Å². The number of carbonyl (C=O) groups excluding carboxylic acids is 2. The van der Waals surface area contributed by atoms with Crippen molar-refractivity contribution < 1.29 is 9.59 Å². The van der Waals surface area contributed by atoms with Crippen molar-refractivity contribution in [2.24, 2.45) is 13.0 Å². The summed E-state index contributed by atoms with van der Waals surface area (Å²) in [7, 11) is 1.94. The van der Waals surface area contributed by atoms with Gasteiger partial charge in [-0.2, -0.15) is 5.10 Å². The van der Waals surface area contributed by atoms with Crippen molar-refractivity contribution >= 4 is 17.5 Å². The van der Waals surface area contributed by atoms with Crippen LogP contribution in [0.3, 0.4) is 0 Å². The molecule has 4 rings (SSSR count). The summed E-state index contributed by atoms with van der Waals surface area (Å²) in [6.45, 7) is 1.32. The van der Waals surface area contributed by atoms with Gasteiger partial charge in [0.15, 0.2) is 0 Å². The summed E-state index contributed by atoms with van der Waals surface area (Å²) in [6.07, 6.45) is 8.28. The predicted molar refractivity (Wildman–Crippen MR) is 93.6 cm³/mol. The monoisotopic (exact) mass is 343 g/mol. The minimum Gasteiger partial charge on any atom is -0.351 e. The topological polar surface area (TPSA) is 79.3 Å². The van der Waals surface area contributed by atoms with Crippen LogP contribution in [0.15, 0.2) is 18.3 Å². The third kappa shape index (κ3) is 3.41. The molecule has 1 aromatic heterocycles. The maximum Gasteiger partial charge on any atom is 0.317 e. The molecule has 7 heteroatoms. The average molecular weight is 343 g/mol. The molecule has 2 fully saturated rings. The third-order valence-corrected chi connectivity index (χ3v) is 5.53. The lowest BCUT2D eigenvalue weighted by molar-refractivity contribution is -0.124. The van der Waals surface area contributed by atoms with E-state index in [0.29, 0.717) is 25.4 Å². The van der Waals surface area contributed by atoms with E-state index in [1.807, 2.05) is 22.7 Å². The van der Waals surface area contributed by atoms with E-state index in [9.17, 15) is 9.59 Å². The largest absolute Gasteiger partial charge is 0.351 e. The van der Waals surface area contributed by atoms with Crippen LogP contribution < -0.4 is 10.6 Å². The molecule has 1 aromatic rings. The predicted octanol–water partition coefficient (Wildman–Crippen LogP) is 1.28. The molecule has 2 N–H and O–H groups in total. The van der Waals surface area contributed by atoms with Crippen LogP contribution >= 0.6 is 0 Å². The lowest BCUT2D eigenvalue weighted by Gasteiger charge is -2.35. The van der Waals surface area contributed by atoms with Crippen LogP contribution in [-0.4, -0.2) is 51.8 Å². The molecule has 1 aliphatic carbocycles. The Bertz CT molecular complexity index is 706. The summed E-state index contributed by atoms with van der Waals surface area (Å²) in [6, 6.07) is 2.15. The van der Waals surface area contributed by atoms with Crippen LogP contribution in [0, 0.1) is 5.92 Å². The Morgan fingerprint density at radius 1 is 1.32 bits per heavy atom. The van der Waals surface area contributed by atoms with Gasteiger partial charge < -0.3 is 15.5 Å². The number of aromatic nitrogens is 2. The highest BCUT2D eigenvalue weighted by atomic mass is 16.2. The van der Waals surface area contributed by atoms with Gasteiger partial charge in [0.25, 0.3) is 0 Å². The summed E-state index contributed by atoms with van der Waals surface area (Å²) in [5, 5.41) is 10.5. The van der Waals surface area contributed by atoms with E-state index >= 15 is 0 Å². The summed E-state index contributed by atoms with van der Waals surface area (Å²) < 4.78 is 1.87. The van der Waals surface area contributed by atoms with E-state index < -0.39 is 0 Å². The van der Waals surface area contributed by atoms with E-state index in [1.165, 1.54) is 5.57 Å². The molecule has 3 amide bonds. The molecule has 134 valence electrons. The molecule has 7 nitrogen and oxygen atoms in total. The van der Waals surface area contributed by atoms with Crippen LogP contribution in [0.5, 0.6) is 0 Å². The van der Waals surface area contributed by atoms with Gasteiger partial charge in [0.1, 0.15) is 0 Å². The summed E-state index contributed by atoms with van der Waals surface area (Å²) in [5.74, 6) is 0.649. The first-order valence-corrected chi connectivity index (χ1v) is 9.14. The molecule has 1 saturated heterocycles. The summed E-state index contributed by atoms with van der Waals surface area (Å²) in [5.41, 5.74) is 2.36. The lowest BCUT2D eigenvalue weighted by atomic mass is 9.94. The Labute approximate surface area is 147 Å². The van der Waals surface area contributed by atoms with Gasteiger partial charge in [-0.05, 0) is 43.2 Å². The quantitative estimate of drug-likeness (QED) is 0.868. The second kappa shape index (κ2) is 6.54. The minimum absolute atomic E-state index is 0.0212. The zero-order chi connectivity index (χ0) is 17.4. The number of piperidine rings is 1. The average Bonchev–Trinajstić information content (AvgIpc) is 3.37. The zero-order valence-corrected chi connectivity index (χ0v) is 14.6. The second-order valence-electron chi connectivity index (χ2n) is 7.29. The number of rotatable bonds is 3. The highest BCUT2D eigenvalue weighted by Gasteiger charge is 2.41. The van der Waals surface area contributed by atoms with Gasteiger partial charge in [0.2, 0.25) is 5.91 Å². The highest BCUT2D eigenvalue weighted by molar-refractivity contribution is 5.79. The Morgan fingerprint density at radius 3 is 2.80 bits per heavy atom. The molecule has 0 bridgehead atoms. The first-order valence-electron chi connectivity index (χ1n) is 9.14. The van der Waals surface area contributed by atoms with Crippen molar-refractivity contribution in [3.8, 4) is 0 Å². The molecule has 0 aromatic carbocycles. The standard InChI is InChI=1S/C18H25N5O2/c1-22-15(6-9-19-22)12-7-10-23(11-8-12)18(25)20-14-4-5-16(24)21-17(14)13-2-3-13/h6-7,9,13-14,17H,2-5,8,10-11H2,1H3,(H,20,25)(H,21,24)/t14-,17-/m1/s1. The molecule has 2 atom stereocenters. The fourth-order valence-electron chi connectivity index (χ4n) is 3.91. The van der Waals surface area contributed by atoms with Crippen LogP contribution in [0.1, 0.15) is 37.8 Å². The number of nitrogens with zero attached hydrogens (tertiary/aromatic N) is 3. The molecular weight excluding hydrogens is 318 g/mol. The first kappa shape index (κ1) is 16.2. The number of aryl methyl sites for hydroxylation is 1. The number of carbonyl (C=O) groups is 2. The normalized spacial score (nSPS) is 26.8. The zero-order valence-electron chi connectivity index (χ0n) is 14.6. The molecule has 0 radical (unpaired) electrons. The van der Waals surface area contributed by atoms with Crippen molar-refractivity contribution in [2.75, 3.05) is 13.1 Å². The van der Waals surface area contributed by atoms with Crippen molar-refractivity contribution in [1.82, 2.24) is 25.3 Å². The van der Waals surface area contributed by atoms with E-state index in [-0.39, 0.29) is 24.0 Å². The number of hydrogen-bond acceptors (Lipinski definition) is 3. The van der Waals surface area contributed by atoms with Crippen LogP contribution in [-0.2, 0) is 11.8 Å². The molecule has 1 saturated carbocycles. The summed E-state index contributed by atoms with van der Waals surface area (Å²) in [4.78, 5) is 26.2. The Kier molecular flexibility index (Phi) is 4.23. The second-order valence-corrected chi connectivity index (χ2v) is 7.29. The third-order valence-electron chi connectivity index (χ3n) is 5.53. The lowest BCUT2D eigenvalue weighted by Crippen LogP contribution is -2.58. The Morgan fingerprint density at radius 2 is 2.16 bits per heavy atom. The fourth-order valence-corrected chi connectivity index (χ4v) is 3.91. The number of urea groups is 1. The van der Waals surface area contributed by atoms with E-state index in [4.69, 9.17) is 0 Å². The van der Waals surface area contributed by atoms with Gasteiger partial charge in [0, 0.05) is 32.8 Å². The van der Waals surface area contributed by atoms with Crippen LogP contribution in [0.4, 0.5) is 4.79 Å². The fraction of sp³-hybridized carbons (Fsp3) is 0.611. The Hall–Kier alpha value is -2.31. The molecule has 3 aliphatic rings. The number of hydrogen-bond donors (Lipinski definition) is 2. The molecule has 0 unspecified atom stereocenters. The van der Waals surface area contributed by atoms with Crippen LogP contribution in [0.2, 0.25) is 0 Å². The van der Waals surface area contributed by atoms with Crippen molar-refractivity contribution in [3.05, 3.63) is 24.0 Å². The van der Waals surface area contributed by atoms with Gasteiger partial charge in [-0.3, -0.25) is 9.48 Å². The van der Waals surface area contributed by atoms with E-state index in [0.717, 1.165) is 31.4 Å². The first-order chi connectivity index (χ1) is 12.1.